The fourth-order valence-corrected chi connectivity index (χ4v) is 1.56. The van der Waals surface area contributed by atoms with Crippen molar-refractivity contribution in [2.75, 3.05) is 0 Å². The molecule has 0 bridgehead atoms. The first-order valence-electron chi connectivity index (χ1n) is 5.06. The molecule has 0 saturated heterocycles. The number of rotatable bonds is 3. The van der Waals surface area contributed by atoms with Crippen molar-refractivity contribution in [3.63, 3.8) is 0 Å². The summed E-state index contributed by atoms with van der Waals surface area (Å²) in [6, 6.07) is 4.68. The minimum atomic E-state index is -0.211. The molecule has 2 heteroatoms. The molecule has 0 aliphatic carbocycles. The Morgan fingerprint density at radius 1 is 1.47 bits per heavy atom. The highest BCUT2D eigenvalue weighted by Crippen LogP contribution is 2.20. The molecule has 0 aliphatic heterocycles. The van der Waals surface area contributed by atoms with Crippen molar-refractivity contribution in [1.29, 1.82) is 0 Å². The van der Waals surface area contributed by atoms with Crippen LogP contribution < -0.4 is 5.73 Å². The molecule has 0 amide bonds. The molecule has 2 N–H and O–H groups in total. The van der Waals surface area contributed by atoms with Crippen LogP contribution in [0, 0.1) is 24.6 Å². The second kappa shape index (κ2) is 5.53. The van der Waals surface area contributed by atoms with E-state index in [1.807, 2.05) is 13.8 Å². The van der Waals surface area contributed by atoms with Crippen LogP contribution in [0.1, 0.15) is 36.9 Å². The summed E-state index contributed by atoms with van der Waals surface area (Å²) in [5.41, 5.74) is 7.91. The van der Waals surface area contributed by atoms with Crippen molar-refractivity contribution in [3.05, 3.63) is 35.1 Å². The van der Waals surface area contributed by atoms with Gasteiger partial charge in [0.15, 0.2) is 0 Å². The van der Waals surface area contributed by atoms with E-state index >= 15 is 0 Å². The van der Waals surface area contributed by atoms with Gasteiger partial charge in [-0.1, -0.05) is 6.07 Å². The van der Waals surface area contributed by atoms with E-state index in [2.05, 4.69) is 11.8 Å². The summed E-state index contributed by atoms with van der Waals surface area (Å²) in [5.74, 6) is 5.60. The van der Waals surface area contributed by atoms with E-state index in [1.165, 1.54) is 12.1 Å². The van der Waals surface area contributed by atoms with E-state index in [0.29, 0.717) is 0 Å². The van der Waals surface area contributed by atoms with E-state index in [1.54, 1.807) is 6.07 Å². The SMILES string of the molecule is CC#CCCC(N)c1ccc(F)cc1C. The van der Waals surface area contributed by atoms with Gasteiger partial charge in [-0.2, -0.15) is 0 Å². The van der Waals surface area contributed by atoms with Gasteiger partial charge in [-0.05, 0) is 43.5 Å². The van der Waals surface area contributed by atoms with Gasteiger partial charge >= 0.3 is 0 Å². The zero-order valence-electron chi connectivity index (χ0n) is 9.18. The molecule has 80 valence electrons. The van der Waals surface area contributed by atoms with Gasteiger partial charge in [-0.3, -0.25) is 0 Å². The van der Waals surface area contributed by atoms with E-state index < -0.39 is 0 Å². The van der Waals surface area contributed by atoms with E-state index in [0.717, 1.165) is 24.0 Å². The molecule has 1 nitrogen and oxygen atoms in total. The first-order chi connectivity index (χ1) is 7.15. The largest absolute Gasteiger partial charge is 0.324 e. The van der Waals surface area contributed by atoms with Crippen molar-refractivity contribution in [1.82, 2.24) is 0 Å². The van der Waals surface area contributed by atoms with Crippen LogP contribution >= 0.6 is 0 Å². The predicted molar refractivity (Wildman–Crippen MR) is 60.7 cm³/mol. The van der Waals surface area contributed by atoms with E-state index in [9.17, 15) is 4.39 Å². The number of hydrogen-bond donors (Lipinski definition) is 1. The van der Waals surface area contributed by atoms with E-state index in [-0.39, 0.29) is 11.9 Å². The second-order valence-corrected chi connectivity index (χ2v) is 3.57. The third-order valence-electron chi connectivity index (χ3n) is 2.39. The Hall–Kier alpha value is -1.33. The van der Waals surface area contributed by atoms with Crippen LogP contribution in [-0.2, 0) is 0 Å². The summed E-state index contributed by atoms with van der Waals surface area (Å²) >= 11 is 0. The predicted octanol–water partition coefficient (Wildman–Crippen LogP) is 2.94. The Labute approximate surface area is 90.5 Å². The molecule has 0 radical (unpaired) electrons. The first kappa shape index (κ1) is 11.7. The van der Waals surface area contributed by atoms with Gasteiger partial charge in [0.2, 0.25) is 0 Å². The fraction of sp³-hybridized carbons (Fsp3) is 0.385. The van der Waals surface area contributed by atoms with Crippen LogP contribution in [0.25, 0.3) is 0 Å². The molecular formula is C13H16FN. The normalized spacial score (nSPS) is 11.7. The molecule has 0 spiro atoms. The van der Waals surface area contributed by atoms with Crippen molar-refractivity contribution in [2.45, 2.75) is 32.7 Å². The highest BCUT2D eigenvalue weighted by molar-refractivity contribution is 5.29. The molecule has 15 heavy (non-hydrogen) atoms. The number of nitrogens with two attached hydrogens (primary N) is 1. The average molecular weight is 205 g/mol. The third-order valence-corrected chi connectivity index (χ3v) is 2.39. The van der Waals surface area contributed by atoms with Crippen LogP contribution in [0.2, 0.25) is 0 Å². The molecule has 0 saturated carbocycles. The smallest absolute Gasteiger partial charge is 0.123 e. The molecule has 1 unspecified atom stereocenters. The molecule has 1 aromatic rings. The van der Waals surface area contributed by atoms with Crippen molar-refractivity contribution in [3.8, 4) is 11.8 Å². The molecule has 1 aromatic carbocycles. The fourth-order valence-electron chi connectivity index (χ4n) is 1.56. The van der Waals surface area contributed by atoms with Crippen LogP contribution in [0.5, 0.6) is 0 Å². The Balaban J connectivity index is 2.71. The summed E-state index contributed by atoms with van der Waals surface area (Å²) in [6.07, 6.45) is 1.60. The van der Waals surface area contributed by atoms with Gasteiger partial charge in [0, 0.05) is 12.5 Å². The summed E-state index contributed by atoms with van der Waals surface area (Å²) < 4.78 is 12.9. The van der Waals surface area contributed by atoms with Crippen molar-refractivity contribution in [2.24, 2.45) is 5.73 Å². The van der Waals surface area contributed by atoms with Gasteiger partial charge in [0.1, 0.15) is 5.82 Å². The minimum absolute atomic E-state index is 0.0496. The lowest BCUT2D eigenvalue weighted by molar-refractivity contribution is 0.618. The Morgan fingerprint density at radius 2 is 2.20 bits per heavy atom. The highest BCUT2D eigenvalue weighted by Gasteiger charge is 2.08. The molecule has 1 atom stereocenters. The van der Waals surface area contributed by atoms with Gasteiger partial charge in [-0.25, -0.2) is 4.39 Å². The maximum absolute atomic E-state index is 12.9. The summed E-state index contributed by atoms with van der Waals surface area (Å²) in [6.45, 7) is 3.69. The van der Waals surface area contributed by atoms with Gasteiger partial charge in [0.05, 0.1) is 0 Å². The second-order valence-electron chi connectivity index (χ2n) is 3.57. The molecule has 0 aliphatic rings. The number of halogens is 1. The van der Waals surface area contributed by atoms with Crippen LogP contribution in [-0.4, -0.2) is 0 Å². The Kier molecular flexibility index (Phi) is 4.33. The van der Waals surface area contributed by atoms with E-state index in [4.69, 9.17) is 5.73 Å². The Morgan fingerprint density at radius 3 is 2.80 bits per heavy atom. The number of aryl methyl sites for hydroxylation is 1. The number of hydrogen-bond acceptors (Lipinski definition) is 1. The quantitative estimate of drug-likeness (QED) is 0.754. The lowest BCUT2D eigenvalue weighted by Crippen LogP contribution is -2.11. The topological polar surface area (TPSA) is 26.0 Å². The van der Waals surface area contributed by atoms with Crippen LogP contribution in [0.15, 0.2) is 18.2 Å². The zero-order chi connectivity index (χ0) is 11.3. The van der Waals surface area contributed by atoms with Crippen molar-refractivity contribution < 1.29 is 4.39 Å². The Bertz CT molecular complexity index is 387. The van der Waals surface area contributed by atoms with Gasteiger partial charge in [-0.15, -0.1) is 11.8 Å². The minimum Gasteiger partial charge on any atom is -0.324 e. The highest BCUT2D eigenvalue weighted by atomic mass is 19.1. The zero-order valence-corrected chi connectivity index (χ0v) is 9.18. The molecule has 0 fully saturated rings. The number of benzene rings is 1. The van der Waals surface area contributed by atoms with Gasteiger partial charge in [0.25, 0.3) is 0 Å². The monoisotopic (exact) mass is 205 g/mol. The summed E-state index contributed by atoms with van der Waals surface area (Å²) in [4.78, 5) is 0. The maximum atomic E-state index is 12.9. The first-order valence-corrected chi connectivity index (χ1v) is 5.06. The molecule has 1 rings (SSSR count). The molecule has 0 heterocycles. The summed E-state index contributed by atoms with van der Waals surface area (Å²) in [5, 5.41) is 0. The maximum Gasteiger partial charge on any atom is 0.123 e. The lowest BCUT2D eigenvalue weighted by Gasteiger charge is -2.13. The van der Waals surface area contributed by atoms with Crippen molar-refractivity contribution >= 4 is 0 Å². The third kappa shape index (κ3) is 3.38. The molecular weight excluding hydrogens is 189 g/mol. The standard InChI is InChI=1S/C13H16FN/c1-3-4-5-6-13(15)12-8-7-11(14)9-10(12)2/h7-9,13H,5-6,15H2,1-2H3. The molecule has 0 aromatic heterocycles. The van der Waals surface area contributed by atoms with Gasteiger partial charge < -0.3 is 5.73 Å². The summed E-state index contributed by atoms with van der Waals surface area (Å²) in [7, 11) is 0. The van der Waals surface area contributed by atoms with Crippen LogP contribution in [0.3, 0.4) is 0 Å². The average Bonchev–Trinajstić information content (AvgIpc) is 2.17. The lowest BCUT2D eigenvalue weighted by atomic mass is 9.98. The van der Waals surface area contributed by atoms with Crippen LogP contribution in [0.4, 0.5) is 4.39 Å².